The number of hydrogen-bond donors (Lipinski definition) is 0. The number of rotatable bonds is 4. The van der Waals surface area contributed by atoms with Crippen LogP contribution in [0, 0.1) is 5.92 Å². The standard InChI is InChI=1S/C15H20BrNO/c1-17(11-13-4-2-3-5-13)15(18)14-8-6-12(10-16)7-9-14/h6-9,13H,2-5,10-11H2,1H3. The average molecular weight is 310 g/mol. The van der Waals surface area contributed by atoms with Crippen molar-refractivity contribution in [3.05, 3.63) is 35.4 Å². The summed E-state index contributed by atoms with van der Waals surface area (Å²) in [6, 6.07) is 7.85. The van der Waals surface area contributed by atoms with E-state index in [9.17, 15) is 4.79 Å². The van der Waals surface area contributed by atoms with E-state index in [2.05, 4.69) is 15.9 Å². The lowest BCUT2D eigenvalue weighted by Gasteiger charge is -2.21. The molecule has 0 radical (unpaired) electrons. The maximum atomic E-state index is 12.2. The molecule has 3 heteroatoms. The number of alkyl halides is 1. The van der Waals surface area contributed by atoms with Gasteiger partial charge in [-0.05, 0) is 36.5 Å². The molecule has 0 heterocycles. The molecule has 1 amide bonds. The highest BCUT2D eigenvalue weighted by Crippen LogP contribution is 2.25. The minimum Gasteiger partial charge on any atom is -0.341 e. The fourth-order valence-electron chi connectivity index (χ4n) is 2.62. The van der Waals surface area contributed by atoms with E-state index in [1.807, 2.05) is 36.2 Å². The Balaban J connectivity index is 1.95. The quantitative estimate of drug-likeness (QED) is 0.774. The van der Waals surface area contributed by atoms with Crippen molar-refractivity contribution in [3.8, 4) is 0 Å². The number of hydrogen-bond acceptors (Lipinski definition) is 1. The Bertz CT molecular complexity index is 395. The van der Waals surface area contributed by atoms with Crippen molar-refractivity contribution in [2.75, 3.05) is 13.6 Å². The Kier molecular flexibility index (Phi) is 4.81. The number of carbonyl (C=O) groups excluding carboxylic acids is 1. The lowest BCUT2D eigenvalue weighted by atomic mass is 10.1. The zero-order chi connectivity index (χ0) is 13.0. The number of halogens is 1. The van der Waals surface area contributed by atoms with Crippen LogP contribution in [0.2, 0.25) is 0 Å². The van der Waals surface area contributed by atoms with Gasteiger partial charge in [-0.3, -0.25) is 4.79 Å². The molecule has 2 rings (SSSR count). The molecule has 2 nitrogen and oxygen atoms in total. The van der Waals surface area contributed by atoms with Gasteiger partial charge in [-0.1, -0.05) is 40.9 Å². The number of benzene rings is 1. The maximum absolute atomic E-state index is 12.2. The van der Waals surface area contributed by atoms with Crippen molar-refractivity contribution in [2.24, 2.45) is 5.92 Å². The molecule has 1 aliphatic rings. The minimum absolute atomic E-state index is 0.142. The third-order valence-electron chi connectivity index (χ3n) is 3.71. The summed E-state index contributed by atoms with van der Waals surface area (Å²) < 4.78 is 0. The van der Waals surface area contributed by atoms with E-state index in [4.69, 9.17) is 0 Å². The SMILES string of the molecule is CN(CC1CCCC1)C(=O)c1ccc(CBr)cc1. The van der Waals surface area contributed by atoms with Gasteiger partial charge >= 0.3 is 0 Å². The van der Waals surface area contributed by atoms with Crippen molar-refractivity contribution in [1.29, 1.82) is 0 Å². The van der Waals surface area contributed by atoms with E-state index in [0.717, 1.165) is 17.4 Å². The van der Waals surface area contributed by atoms with Crippen LogP contribution in [-0.2, 0) is 5.33 Å². The molecule has 1 aromatic carbocycles. The Morgan fingerprint density at radius 2 is 1.89 bits per heavy atom. The molecule has 1 fully saturated rings. The van der Waals surface area contributed by atoms with E-state index in [1.165, 1.54) is 31.2 Å². The van der Waals surface area contributed by atoms with Crippen LogP contribution in [0.4, 0.5) is 0 Å². The van der Waals surface area contributed by atoms with E-state index in [-0.39, 0.29) is 5.91 Å². The van der Waals surface area contributed by atoms with Crippen molar-refractivity contribution < 1.29 is 4.79 Å². The first-order chi connectivity index (χ1) is 8.70. The Morgan fingerprint density at radius 3 is 2.44 bits per heavy atom. The molecule has 0 bridgehead atoms. The van der Waals surface area contributed by atoms with Gasteiger partial charge in [-0.15, -0.1) is 0 Å². The summed E-state index contributed by atoms with van der Waals surface area (Å²) in [4.78, 5) is 14.1. The molecule has 0 spiro atoms. The third kappa shape index (κ3) is 3.35. The molecule has 0 unspecified atom stereocenters. The predicted molar refractivity (Wildman–Crippen MR) is 78.0 cm³/mol. The van der Waals surface area contributed by atoms with Crippen molar-refractivity contribution in [3.63, 3.8) is 0 Å². The number of nitrogens with zero attached hydrogens (tertiary/aromatic N) is 1. The normalized spacial score (nSPS) is 15.9. The van der Waals surface area contributed by atoms with Crippen LogP contribution in [0.3, 0.4) is 0 Å². The molecule has 0 aromatic heterocycles. The molecular formula is C15H20BrNO. The van der Waals surface area contributed by atoms with Crippen LogP contribution < -0.4 is 0 Å². The van der Waals surface area contributed by atoms with E-state index in [1.54, 1.807) is 0 Å². The average Bonchev–Trinajstić information content (AvgIpc) is 2.91. The van der Waals surface area contributed by atoms with Crippen LogP contribution in [-0.4, -0.2) is 24.4 Å². The predicted octanol–water partition coefficient (Wildman–Crippen LogP) is 3.84. The van der Waals surface area contributed by atoms with Crippen LogP contribution in [0.15, 0.2) is 24.3 Å². The molecule has 0 atom stereocenters. The number of carbonyl (C=O) groups is 1. The highest BCUT2D eigenvalue weighted by atomic mass is 79.9. The summed E-state index contributed by atoms with van der Waals surface area (Å²) >= 11 is 3.41. The highest BCUT2D eigenvalue weighted by molar-refractivity contribution is 9.08. The van der Waals surface area contributed by atoms with Crippen LogP contribution >= 0.6 is 15.9 Å². The molecule has 1 aliphatic carbocycles. The zero-order valence-electron chi connectivity index (χ0n) is 10.9. The second kappa shape index (κ2) is 6.37. The van der Waals surface area contributed by atoms with Gasteiger partial charge in [0.05, 0.1) is 0 Å². The summed E-state index contributed by atoms with van der Waals surface area (Å²) in [7, 11) is 1.92. The lowest BCUT2D eigenvalue weighted by molar-refractivity contribution is 0.0773. The van der Waals surface area contributed by atoms with E-state index < -0.39 is 0 Å². The first kappa shape index (κ1) is 13.6. The first-order valence-electron chi connectivity index (χ1n) is 6.61. The summed E-state index contributed by atoms with van der Waals surface area (Å²) in [5.41, 5.74) is 1.99. The largest absolute Gasteiger partial charge is 0.341 e. The third-order valence-corrected chi connectivity index (χ3v) is 4.36. The van der Waals surface area contributed by atoms with E-state index >= 15 is 0 Å². The summed E-state index contributed by atoms with van der Waals surface area (Å²) in [6.07, 6.45) is 5.21. The second-order valence-corrected chi connectivity index (χ2v) is 5.73. The molecule has 0 saturated heterocycles. The molecule has 18 heavy (non-hydrogen) atoms. The van der Waals surface area contributed by atoms with Gasteiger partial charge in [0.15, 0.2) is 0 Å². The fraction of sp³-hybridized carbons (Fsp3) is 0.533. The molecule has 0 aliphatic heterocycles. The van der Waals surface area contributed by atoms with Gasteiger partial charge in [0.25, 0.3) is 5.91 Å². The lowest BCUT2D eigenvalue weighted by Crippen LogP contribution is -2.31. The molecule has 0 N–H and O–H groups in total. The van der Waals surface area contributed by atoms with Gasteiger partial charge in [0.2, 0.25) is 0 Å². The highest BCUT2D eigenvalue weighted by Gasteiger charge is 2.20. The molecule has 1 aromatic rings. The van der Waals surface area contributed by atoms with Gasteiger partial charge < -0.3 is 4.90 Å². The Labute approximate surface area is 117 Å². The van der Waals surface area contributed by atoms with Gasteiger partial charge in [-0.2, -0.15) is 0 Å². The first-order valence-corrected chi connectivity index (χ1v) is 7.73. The molecule has 98 valence electrons. The monoisotopic (exact) mass is 309 g/mol. The van der Waals surface area contributed by atoms with Crippen molar-refractivity contribution >= 4 is 21.8 Å². The minimum atomic E-state index is 0.142. The van der Waals surface area contributed by atoms with E-state index in [0.29, 0.717) is 5.92 Å². The second-order valence-electron chi connectivity index (χ2n) is 5.17. The van der Waals surface area contributed by atoms with Crippen molar-refractivity contribution in [1.82, 2.24) is 4.90 Å². The summed E-state index contributed by atoms with van der Waals surface area (Å²) in [6.45, 7) is 0.902. The van der Waals surface area contributed by atoms with Gasteiger partial charge in [0, 0.05) is 24.5 Å². The number of amides is 1. The van der Waals surface area contributed by atoms with Gasteiger partial charge in [0.1, 0.15) is 0 Å². The fourth-order valence-corrected chi connectivity index (χ4v) is 2.99. The summed E-state index contributed by atoms with van der Waals surface area (Å²) in [5.74, 6) is 0.851. The van der Waals surface area contributed by atoms with Crippen LogP contribution in [0.1, 0.15) is 41.6 Å². The smallest absolute Gasteiger partial charge is 0.253 e. The maximum Gasteiger partial charge on any atom is 0.253 e. The topological polar surface area (TPSA) is 20.3 Å². The Hall–Kier alpha value is -0.830. The zero-order valence-corrected chi connectivity index (χ0v) is 12.4. The van der Waals surface area contributed by atoms with Crippen molar-refractivity contribution in [2.45, 2.75) is 31.0 Å². The van der Waals surface area contributed by atoms with Crippen LogP contribution in [0.5, 0.6) is 0 Å². The molecular weight excluding hydrogens is 290 g/mol. The van der Waals surface area contributed by atoms with Crippen LogP contribution in [0.25, 0.3) is 0 Å². The van der Waals surface area contributed by atoms with Gasteiger partial charge in [-0.25, -0.2) is 0 Å². The molecule has 1 saturated carbocycles. The summed E-state index contributed by atoms with van der Waals surface area (Å²) in [5, 5.41) is 0.833. The Morgan fingerprint density at radius 1 is 1.28 bits per heavy atom.